The van der Waals surface area contributed by atoms with Gasteiger partial charge in [-0.15, -0.1) is 0 Å². The first-order chi connectivity index (χ1) is 36.3. The number of carbonyl (C=O) groups excluding carboxylic acids is 8. The average molecular weight is 1050 g/mol. The van der Waals surface area contributed by atoms with E-state index < -0.39 is 53.3 Å². The standard InChI is InChI=1S/C50H59N15O11/c1-8-64-35(21-28(3)58-64)46(71)56-49-54-32-23-30(44(51)69)25-37(75-7)42(32)62(49)17-10-11-18-63-43-33(55-50(63)57-47(72)36-22-29(4)59-65(36)9-2)24-31(45(52)70)26-38(43)76-20-12-16-60(5)48(73)34(27-74-6)53-39(66)15-19-61-40(67)13-14-41(61)68/h10-11,13-14,21-26,34H,8-9,12,15-20,27H2,1-7H3,(H2,51,69)(H2,52,70)(H,53,66)(H,54,56,71)(H,55,57,72)/b11-10+/t34-/m0/s1. The van der Waals surface area contributed by atoms with Crippen LogP contribution >= 0.6 is 0 Å². The van der Waals surface area contributed by atoms with Crippen LogP contribution in [0.25, 0.3) is 22.1 Å². The fourth-order valence-electron chi connectivity index (χ4n) is 8.52. The molecule has 8 amide bonds. The van der Waals surface area contributed by atoms with Crippen molar-refractivity contribution < 1.29 is 52.6 Å². The first kappa shape index (κ1) is 54.6. The number of ether oxygens (including phenoxy) is 3. The van der Waals surface area contributed by atoms with Gasteiger partial charge in [0.1, 0.15) is 40.0 Å². The van der Waals surface area contributed by atoms with Gasteiger partial charge in [-0.1, -0.05) is 12.2 Å². The van der Waals surface area contributed by atoms with Gasteiger partial charge >= 0.3 is 0 Å². The van der Waals surface area contributed by atoms with Crippen LogP contribution in [-0.2, 0) is 50.1 Å². The zero-order chi connectivity index (χ0) is 55.0. The molecule has 7 N–H and O–H groups in total. The number of carbonyl (C=O) groups is 8. The van der Waals surface area contributed by atoms with Crippen molar-refractivity contribution in [1.29, 1.82) is 0 Å². The normalized spacial score (nSPS) is 12.8. The second-order valence-electron chi connectivity index (χ2n) is 17.5. The molecule has 0 aliphatic carbocycles. The first-order valence-electron chi connectivity index (χ1n) is 24.1. The van der Waals surface area contributed by atoms with E-state index in [1.54, 1.807) is 63.7 Å². The molecule has 0 radical (unpaired) electrons. The van der Waals surface area contributed by atoms with Crippen LogP contribution < -0.4 is 36.9 Å². The number of aryl methyl sites for hydroxylation is 4. The summed E-state index contributed by atoms with van der Waals surface area (Å²) in [6.07, 6.45) is 5.82. The number of fused-ring (bicyclic) bond motifs is 2. The number of rotatable bonds is 25. The fraction of sp³-hybridized carbons (Fsp3) is 0.360. The Morgan fingerprint density at radius 2 is 1.24 bits per heavy atom. The number of nitrogens with one attached hydrogen (secondary N) is 3. The number of hydrogen-bond acceptors (Lipinski definition) is 15. The monoisotopic (exact) mass is 1050 g/mol. The van der Waals surface area contributed by atoms with Gasteiger partial charge in [-0.25, -0.2) is 9.97 Å². The number of hydrogen-bond donors (Lipinski definition) is 5. The van der Waals surface area contributed by atoms with Gasteiger partial charge in [-0.05, 0) is 70.5 Å². The molecule has 4 aromatic heterocycles. The number of methoxy groups -OCH3 is 2. The number of benzene rings is 2. The second kappa shape index (κ2) is 23.8. The predicted octanol–water partition coefficient (Wildman–Crippen LogP) is 2.08. The molecule has 0 bridgehead atoms. The zero-order valence-corrected chi connectivity index (χ0v) is 43.0. The molecule has 76 heavy (non-hydrogen) atoms. The van der Waals surface area contributed by atoms with Crippen molar-refractivity contribution >= 4 is 81.2 Å². The maximum absolute atomic E-state index is 14.0. The van der Waals surface area contributed by atoms with Crippen molar-refractivity contribution in [1.82, 2.24) is 53.8 Å². The van der Waals surface area contributed by atoms with E-state index in [2.05, 4.69) is 31.1 Å². The Labute approximate surface area is 435 Å². The Balaban J connectivity index is 1.16. The lowest BCUT2D eigenvalue weighted by molar-refractivity contribution is -0.139. The van der Waals surface area contributed by atoms with Crippen LogP contribution in [0.3, 0.4) is 0 Å². The Hall–Kier alpha value is -9.20. The van der Waals surface area contributed by atoms with Gasteiger partial charge in [0.05, 0.1) is 42.7 Å². The van der Waals surface area contributed by atoms with E-state index in [1.165, 1.54) is 43.4 Å². The highest BCUT2D eigenvalue weighted by molar-refractivity contribution is 6.13. The lowest BCUT2D eigenvalue weighted by Gasteiger charge is -2.24. The van der Waals surface area contributed by atoms with Crippen molar-refractivity contribution in [2.75, 3.05) is 58.2 Å². The molecule has 7 rings (SSSR count). The maximum Gasteiger partial charge on any atom is 0.276 e. The van der Waals surface area contributed by atoms with Crippen LogP contribution in [0.5, 0.6) is 11.5 Å². The second-order valence-corrected chi connectivity index (χ2v) is 17.5. The molecule has 400 valence electrons. The van der Waals surface area contributed by atoms with Gasteiger partial charge in [-0.2, -0.15) is 10.2 Å². The van der Waals surface area contributed by atoms with E-state index in [-0.39, 0.29) is 98.0 Å². The molecule has 1 aliphatic heterocycles. The Morgan fingerprint density at radius 3 is 1.71 bits per heavy atom. The summed E-state index contributed by atoms with van der Waals surface area (Å²) >= 11 is 0. The number of aromatic nitrogens is 8. The number of allylic oxidation sites excluding steroid dienone is 2. The molecule has 0 saturated heterocycles. The van der Waals surface area contributed by atoms with E-state index in [0.717, 1.165) is 17.1 Å². The Bertz CT molecular complexity index is 3310. The summed E-state index contributed by atoms with van der Waals surface area (Å²) < 4.78 is 23.7. The summed E-state index contributed by atoms with van der Waals surface area (Å²) in [5.74, 6) is -3.94. The minimum Gasteiger partial charge on any atom is -0.494 e. The molecular formula is C50H59N15O11. The van der Waals surface area contributed by atoms with Crippen LogP contribution in [-0.4, -0.2) is 149 Å². The number of likely N-dealkylation sites (N-methyl/N-ethyl adjacent to an activating group) is 1. The third-order valence-electron chi connectivity index (χ3n) is 12.2. The zero-order valence-electron chi connectivity index (χ0n) is 43.0. The molecule has 26 nitrogen and oxygen atoms in total. The summed E-state index contributed by atoms with van der Waals surface area (Å²) in [7, 11) is 4.34. The van der Waals surface area contributed by atoms with Gasteiger partial charge in [0, 0.05) is 83.1 Å². The summed E-state index contributed by atoms with van der Waals surface area (Å²) in [5, 5.41) is 17.2. The van der Waals surface area contributed by atoms with E-state index in [1.807, 2.05) is 13.8 Å². The number of nitrogens with zero attached hydrogens (tertiary/aromatic N) is 10. The van der Waals surface area contributed by atoms with Crippen molar-refractivity contribution in [3.63, 3.8) is 0 Å². The van der Waals surface area contributed by atoms with Crippen LogP contribution in [0.4, 0.5) is 11.9 Å². The molecule has 0 saturated carbocycles. The topological polar surface area (TPSA) is 330 Å². The van der Waals surface area contributed by atoms with Gasteiger partial charge in [-0.3, -0.25) is 63.3 Å². The molecule has 6 aromatic rings. The number of amides is 8. The molecule has 0 fully saturated rings. The quantitative estimate of drug-likeness (QED) is 0.0311. The van der Waals surface area contributed by atoms with Crippen LogP contribution in [0, 0.1) is 13.8 Å². The van der Waals surface area contributed by atoms with Gasteiger partial charge in [0.25, 0.3) is 23.6 Å². The van der Waals surface area contributed by atoms with E-state index in [0.29, 0.717) is 46.7 Å². The number of imidazole rings is 2. The van der Waals surface area contributed by atoms with Crippen LogP contribution in [0.15, 0.2) is 60.7 Å². The summed E-state index contributed by atoms with van der Waals surface area (Å²) in [6, 6.07) is 8.12. The number of imide groups is 1. The minimum absolute atomic E-state index is 0.0000463. The van der Waals surface area contributed by atoms with Gasteiger partial charge in [0.15, 0.2) is 0 Å². The summed E-state index contributed by atoms with van der Waals surface area (Å²) in [5.41, 5.74) is 14.9. The van der Waals surface area contributed by atoms with Gasteiger partial charge < -0.3 is 45.0 Å². The molecule has 0 unspecified atom stereocenters. The lowest BCUT2D eigenvalue weighted by Crippen LogP contribution is -2.50. The van der Waals surface area contributed by atoms with E-state index >= 15 is 0 Å². The van der Waals surface area contributed by atoms with Crippen molar-refractivity contribution in [3.8, 4) is 11.5 Å². The average Bonchev–Trinajstić information content (AvgIpc) is 4.22. The minimum atomic E-state index is -1.08. The highest BCUT2D eigenvalue weighted by Crippen LogP contribution is 2.33. The third-order valence-corrected chi connectivity index (χ3v) is 12.2. The van der Waals surface area contributed by atoms with Crippen molar-refractivity contribution in [2.45, 2.75) is 72.8 Å². The Kier molecular flexibility index (Phi) is 17.1. The summed E-state index contributed by atoms with van der Waals surface area (Å²) in [4.78, 5) is 115. The third kappa shape index (κ3) is 12.1. The highest BCUT2D eigenvalue weighted by atomic mass is 16.5. The molecular weight excluding hydrogens is 987 g/mol. The van der Waals surface area contributed by atoms with Crippen molar-refractivity contribution in [2.24, 2.45) is 11.5 Å². The Morgan fingerprint density at radius 1 is 0.737 bits per heavy atom. The van der Waals surface area contributed by atoms with Crippen LogP contribution in [0.2, 0.25) is 0 Å². The largest absolute Gasteiger partial charge is 0.494 e. The molecule has 2 aromatic carbocycles. The highest BCUT2D eigenvalue weighted by Gasteiger charge is 2.28. The van der Waals surface area contributed by atoms with E-state index in [4.69, 9.17) is 30.7 Å². The summed E-state index contributed by atoms with van der Waals surface area (Å²) in [6.45, 7) is 8.04. The van der Waals surface area contributed by atoms with Crippen LogP contribution in [0.1, 0.15) is 79.8 Å². The number of nitrogens with two attached hydrogens (primary N) is 2. The molecule has 5 heterocycles. The predicted molar refractivity (Wildman–Crippen MR) is 275 cm³/mol. The fourth-order valence-corrected chi connectivity index (χ4v) is 8.52. The van der Waals surface area contributed by atoms with E-state index in [9.17, 15) is 38.4 Å². The van der Waals surface area contributed by atoms with Crippen molar-refractivity contribution in [3.05, 3.63) is 94.6 Å². The first-order valence-corrected chi connectivity index (χ1v) is 24.1. The smallest absolute Gasteiger partial charge is 0.276 e. The maximum atomic E-state index is 14.0. The molecule has 26 heteroatoms. The molecule has 1 aliphatic rings. The number of anilines is 2. The SMILES string of the molecule is CCn1nc(C)cc1C(=O)Nc1nc2cc(C(N)=O)cc(OC)c2n1C/C=C/Cn1c(NC(=O)c2cc(C)nn2CC)nc2cc(C(N)=O)cc(OCCCN(C)C(=O)[C@H](COC)NC(=O)CCN3C(=O)C=CC3=O)c21. The lowest BCUT2D eigenvalue weighted by atomic mass is 10.1. The molecule has 0 spiro atoms. The molecule has 1 atom stereocenters. The number of primary amides is 2. The van der Waals surface area contributed by atoms with Gasteiger partial charge in [0.2, 0.25) is 35.5 Å².